The molecule has 0 spiro atoms. The third kappa shape index (κ3) is 1.13. The first-order valence-electron chi connectivity index (χ1n) is 4.34. The van der Waals surface area contributed by atoms with E-state index in [9.17, 15) is 0 Å². The lowest BCUT2D eigenvalue weighted by Gasteiger charge is -2.07. The highest BCUT2D eigenvalue weighted by Crippen LogP contribution is 2.33. The van der Waals surface area contributed by atoms with Crippen LogP contribution >= 0.6 is 22.6 Å². The number of nitrogens with zero attached hydrogens (tertiary/aromatic N) is 1. The van der Waals surface area contributed by atoms with Crippen LogP contribution in [0, 0.1) is 24.3 Å². The molecule has 2 aromatic rings. The van der Waals surface area contributed by atoms with Gasteiger partial charge in [0, 0.05) is 3.57 Å². The Morgan fingerprint density at radius 1 is 1.14 bits per heavy atom. The van der Waals surface area contributed by atoms with Crippen molar-refractivity contribution in [2.24, 2.45) is 0 Å². The van der Waals surface area contributed by atoms with Crippen LogP contribution in [0.2, 0.25) is 0 Å². The maximum Gasteiger partial charge on any atom is 0.175 e. The Labute approximate surface area is 95.8 Å². The molecule has 1 heterocycles. The Morgan fingerprint density at radius 2 is 1.79 bits per heavy atom. The average Bonchev–Trinajstić information content (AvgIpc) is 2.54. The van der Waals surface area contributed by atoms with Crippen LogP contribution in [0.3, 0.4) is 0 Å². The van der Waals surface area contributed by atoms with Crippen molar-refractivity contribution >= 4 is 39.4 Å². The molecule has 2 N–H and O–H groups in total. The molecule has 0 aliphatic heterocycles. The predicted molar refractivity (Wildman–Crippen MR) is 65.3 cm³/mol. The molecule has 4 heteroatoms. The topological polar surface area (TPSA) is 52.0 Å². The van der Waals surface area contributed by atoms with Crippen molar-refractivity contribution in [3.8, 4) is 0 Å². The van der Waals surface area contributed by atoms with E-state index in [2.05, 4.69) is 41.6 Å². The molecule has 0 atom stereocenters. The summed E-state index contributed by atoms with van der Waals surface area (Å²) in [6.45, 7) is 6.21. The monoisotopic (exact) mass is 302 g/mol. The molecule has 0 aliphatic rings. The van der Waals surface area contributed by atoms with Crippen molar-refractivity contribution in [3.05, 3.63) is 20.3 Å². The molecule has 3 nitrogen and oxygen atoms in total. The summed E-state index contributed by atoms with van der Waals surface area (Å²) in [5, 5.41) is 4.75. The molecule has 14 heavy (non-hydrogen) atoms. The maximum atomic E-state index is 5.76. The van der Waals surface area contributed by atoms with Crippen molar-refractivity contribution in [2.75, 3.05) is 5.73 Å². The lowest BCUT2D eigenvalue weighted by molar-refractivity contribution is 0.459. The molecule has 0 fully saturated rings. The van der Waals surface area contributed by atoms with E-state index < -0.39 is 0 Å². The van der Waals surface area contributed by atoms with E-state index in [1.807, 2.05) is 6.92 Å². The Kier molecular flexibility index (Phi) is 2.17. The minimum absolute atomic E-state index is 0.482. The number of nitrogen functional groups attached to an aromatic ring is 1. The van der Waals surface area contributed by atoms with Crippen molar-refractivity contribution in [1.29, 1.82) is 0 Å². The zero-order chi connectivity index (χ0) is 10.5. The van der Waals surface area contributed by atoms with Gasteiger partial charge in [0.1, 0.15) is 0 Å². The van der Waals surface area contributed by atoms with Gasteiger partial charge in [-0.15, -0.1) is 0 Å². The molecule has 2 rings (SSSR count). The second kappa shape index (κ2) is 3.12. The van der Waals surface area contributed by atoms with Gasteiger partial charge in [-0.1, -0.05) is 5.16 Å². The number of benzene rings is 1. The number of nitrogens with two attached hydrogens (primary N) is 1. The van der Waals surface area contributed by atoms with Crippen LogP contribution in [0.1, 0.15) is 16.7 Å². The summed E-state index contributed by atoms with van der Waals surface area (Å²) in [7, 11) is 0. The molecule has 0 aliphatic carbocycles. The number of rotatable bonds is 0. The predicted octanol–water partition coefficient (Wildman–Crippen LogP) is 2.94. The standard InChI is InChI=1S/C10H11IN2O/c1-4-5(2)8(11)7-9(6(4)3)14-13-10(7)12/h1-3H3,(H2,12,13). The largest absolute Gasteiger partial charge is 0.380 e. The summed E-state index contributed by atoms with van der Waals surface area (Å²) < 4.78 is 6.35. The molecule has 0 bridgehead atoms. The first kappa shape index (κ1) is 9.76. The average molecular weight is 302 g/mol. The van der Waals surface area contributed by atoms with Crippen LogP contribution in [0.4, 0.5) is 5.82 Å². The highest BCUT2D eigenvalue weighted by Gasteiger charge is 2.16. The smallest absolute Gasteiger partial charge is 0.175 e. The molecular weight excluding hydrogens is 291 g/mol. The molecule has 1 aromatic heterocycles. The summed E-state index contributed by atoms with van der Waals surface area (Å²) in [5.41, 5.74) is 10.2. The third-order valence-electron chi connectivity index (χ3n) is 2.73. The Bertz CT molecular complexity index is 517. The van der Waals surface area contributed by atoms with E-state index in [-0.39, 0.29) is 0 Å². The van der Waals surface area contributed by atoms with Gasteiger partial charge in [0.2, 0.25) is 0 Å². The summed E-state index contributed by atoms with van der Waals surface area (Å²) in [6.07, 6.45) is 0. The van der Waals surface area contributed by atoms with E-state index in [4.69, 9.17) is 10.3 Å². The van der Waals surface area contributed by atoms with Crippen molar-refractivity contribution in [3.63, 3.8) is 0 Å². The SMILES string of the molecule is Cc1c(C)c(I)c2c(N)noc2c1C. The minimum atomic E-state index is 0.482. The second-order valence-corrected chi connectivity index (χ2v) is 4.54. The number of hydrogen-bond donors (Lipinski definition) is 1. The van der Waals surface area contributed by atoms with Gasteiger partial charge in [0.15, 0.2) is 11.4 Å². The Morgan fingerprint density at radius 3 is 2.43 bits per heavy atom. The molecule has 0 radical (unpaired) electrons. The number of hydrogen-bond acceptors (Lipinski definition) is 3. The van der Waals surface area contributed by atoms with Crippen molar-refractivity contribution < 1.29 is 4.52 Å². The highest BCUT2D eigenvalue weighted by molar-refractivity contribution is 14.1. The molecular formula is C10H11IN2O. The van der Waals surface area contributed by atoms with Gasteiger partial charge < -0.3 is 10.3 Å². The fourth-order valence-electron chi connectivity index (χ4n) is 1.57. The van der Waals surface area contributed by atoms with Gasteiger partial charge in [0.25, 0.3) is 0 Å². The van der Waals surface area contributed by atoms with Gasteiger partial charge in [-0.2, -0.15) is 0 Å². The first-order valence-corrected chi connectivity index (χ1v) is 5.42. The number of aryl methyl sites for hydroxylation is 1. The molecule has 0 saturated heterocycles. The van der Waals surface area contributed by atoms with Crippen LogP contribution in [-0.4, -0.2) is 5.16 Å². The quantitative estimate of drug-likeness (QED) is 0.761. The summed E-state index contributed by atoms with van der Waals surface area (Å²) in [6, 6.07) is 0. The van der Waals surface area contributed by atoms with Crippen molar-refractivity contribution in [2.45, 2.75) is 20.8 Å². The second-order valence-electron chi connectivity index (χ2n) is 3.46. The van der Waals surface area contributed by atoms with E-state index >= 15 is 0 Å². The minimum Gasteiger partial charge on any atom is -0.380 e. The zero-order valence-corrected chi connectivity index (χ0v) is 10.5. The zero-order valence-electron chi connectivity index (χ0n) is 8.31. The first-order chi connectivity index (χ1) is 6.54. The van der Waals surface area contributed by atoms with Crippen LogP contribution < -0.4 is 5.73 Å². The van der Waals surface area contributed by atoms with Crippen LogP contribution in [0.25, 0.3) is 11.0 Å². The van der Waals surface area contributed by atoms with Crippen LogP contribution in [-0.2, 0) is 0 Å². The van der Waals surface area contributed by atoms with Crippen LogP contribution in [0.15, 0.2) is 4.52 Å². The summed E-state index contributed by atoms with van der Waals surface area (Å²) >= 11 is 2.29. The van der Waals surface area contributed by atoms with E-state index in [1.54, 1.807) is 0 Å². The highest BCUT2D eigenvalue weighted by atomic mass is 127. The Hall–Kier alpha value is -0.780. The number of aromatic nitrogens is 1. The normalized spacial score (nSPS) is 11.1. The van der Waals surface area contributed by atoms with Gasteiger partial charge in [-0.05, 0) is 60.1 Å². The Balaban J connectivity index is 3.05. The lowest BCUT2D eigenvalue weighted by atomic mass is 10.0. The van der Waals surface area contributed by atoms with Crippen molar-refractivity contribution in [1.82, 2.24) is 5.16 Å². The number of fused-ring (bicyclic) bond motifs is 1. The molecule has 0 saturated carbocycles. The van der Waals surface area contributed by atoms with E-state index in [1.165, 1.54) is 11.1 Å². The fraction of sp³-hybridized carbons (Fsp3) is 0.300. The third-order valence-corrected chi connectivity index (χ3v) is 4.08. The van der Waals surface area contributed by atoms with E-state index in [0.29, 0.717) is 5.82 Å². The summed E-state index contributed by atoms with van der Waals surface area (Å²) in [5.74, 6) is 0.482. The molecule has 0 amide bonds. The number of anilines is 1. The maximum absolute atomic E-state index is 5.76. The summed E-state index contributed by atoms with van der Waals surface area (Å²) in [4.78, 5) is 0. The fourth-order valence-corrected chi connectivity index (χ4v) is 2.50. The lowest BCUT2D eigenvalue weighted by Crippen LogP contribution is -1.93. The molecule has 0 unspecified atom stereocenters. The van der Waals surface area contributed by atoms with Gasteiger partial charge in [-0.3, -0.25) is 0 Å². The molecule has 74 valence electrons. The van der Waals surface area contributed by atoms with Crippen LogP contribution in [0.5, 0.6) is 0 Å². The van der Waals surface area contributed by atoms with Gasteiger partial charge in [0.05, 0.1) is 5.39 Å². The molecule has 1 aromatic carbocycles. The van der Waals surface area contributed by atoms with Gasteiger partial charge >= 0.3 is 0 Å². The van der Waals surface area contributed by atoms with Gasteiger partial charge in [-0.25, -0.2) is 0 Å². The number of halogens is 1. The van der Waals surface area contributed by atoms with E-state index in [0.717, 1.165) is 20.1 Å².